The number of ether oxygens (including phenoxy) is 1. The third-order valence-electron chi connectivity index (χ3n) is 2.73. The van der Waals surface area contributed by atoms with E-state index in [1.165, 1.54) is 12.1 Å². The third kappa shape index (κ3) is 4.52. The highest BCUT2D eigenvalue weighted by molar-refractivity contribution is 6.40. The Morgan fingerprint density at radius 3 is 1.87 bits per heavy atom. The second-order valence-corrected chi connectivity index (χ2v) is 5.95. The zero-order chi connectivity index (χ0) is 17.0. The summed E-state index contributed by atoms with van der Waals surface area (Å²) in [7, 11) is 0. The molecule has 0 saturated carbocycles. The molecule has 0 spiro atoms. The fourth-order valence-corrected chi connectivity index (χ4v) is 2.73. The molecular formula is C15H9Cl4NO3. The summed E-state index contributed by atoms with van der Waals surface area (Å²) in [4.78, 5) is 23.8. The molecule has 0 aliphatic heterocycles. The van der Waals surface area contributed by atoms with Gasteiger partial charge in [0, 0.05) is 0 Å². The Kier molecular flexibility index (Phi) is 6.13. The van der Waals surface area contributed by atoms with Crippen LogP contribution in [0.25, 0.3) is 0 Å². The monoisotopic (exact) mass is 391 g/mol. The number of halogens is 4. The molecule has 0 radical (unpaired) electrons. The van der Waals surface area contributed by atoms with Gasteiger partial charge in [-0.2, -0.15) is 0 Å². The minimum atomic E-state index is -0.805. The van der Waals surface area contributed by atoms with Gasteiger partial charge >= 0.3 is 5.97 Å². The number of amides is 1. The van der Waals surface area contributed by atoms with Crippen LogP contribution < -0.4 is 5.32 Å². The first-order valence-electron chi connectivity index (χ1n) is 6.25. The molecule has 0 bridgehead atoms. The molecule has 23 heavy (non-hydrogen) atoms. The summed E-state index contributed by atoms with van der Waals surface area (Å²) in [5, 5.41) is 3.28. The average Bonchev–Trinajstić information content (AvgIpc) is 2.49. The van der Waals surface area contributed by atoms with Gasteiger partial charge in [-0.3, -0.25) is 4.79 Å². The number of hydrogen-bond acceptors (Lipinski definition) is 3. The van der Waals surface area contributed by atoms with Crippen LogP contribution in [0.5, 0.6) is 0 Å². The molecule has 2 rings (SSSR count). The van der Waals surface area contributed by atoms with Crippen molar-refractivity contribution in [1.82, 2.24) is 0 Å². The SMILES string of the molecule is O=C(COC(=O)c1c(Cl)cccc1Cl)Nc1c(Cl)cccc1Cl. The van der Waals surface area contributed by atoms with Crippen LogP contribution >= 0.6 is 46.4 Å². The Labute approximate surface area is 152 Å². The molecule has 1 N–H and O–H groups in total. The highest BCUT2D eigenvalue weighted by Crippen LogP contribution is 2.29. The van der Waals surface area contributed by atoms with Crippen LogP contribution in [0, 0.1) is 0 Å². The molecule has 0 fully saturated rings. The second kappa shape index (κ2) is 7.88. The topological polar surface area (TPSA) is 55.4 Å². The average molecular weight is 393 g/mol. The normalized spacial score (nSPS) is 10.3. The molecule has 2 aromatic rings. The lowest BCUT2D eigenvalue weighted by Gasteiger charge is -2.10. The largest absolute Gasteiger partial charge is 0.452 e. The van der Waals surface area contributed by atoms with Crippen molar-refractivity contribution >= 4 is 64.0 Å². The zero-order valence-electron chi connectivity index (χ0n) is 11.4. The summed E-state index contributed by atoms with van der Waals surface area (Å²) in [5.41, 5.74) is 0.243. The molecule has 2 aromatic carbocycles. The second-order valence-electron chi connectivity index (χ2n) is 4.32. The molecule has 0 saturated heterocycles. The fourth-order valence-electron chi connectivity index (χ4n) is 1.69. The van der Waals surface area contributed by atoms with Crippen LogP contribution in [0.2, 0.25) is 20.1 Å². The van der Waals surface area contributed by atoms with Gasteiger partial charge in [0.25, 0.3) is 5.91 Å². The van der Waals surface area contributed by atoms with E-state index in [4.69, 9.17) is 51.1 Å². The van der Waals surface area contributed by atoms with Gasteiger partial charge in [0.15, 0.2) is 6.61 Å². The summed E-state index contributed by atoms with van der Waals surface area (Å²) < 4.78 is 4.90. The van der Waals surface area contributed by atoms with Crippen molar-refractivity contribution in [3.8, 4) is 0 Å². The minimum absolute atomic E-state index is 0.000547. The van der Waals surface area contributed by atoms with Gasteiger partial charge in [-0.25, -0.2) is 4.79 Å². The van der Waals surface area contributed by atoms with Crippen molar-refractivity contribution in [1.29, 1.82) is 0 Å². The summed E-state index contributed by atoms with van der Waals surface area (Å²) in [6.45, 7) is -0.540. The number of benzene rings is 2. The third-order valence-corrected chi connectivity index (χ3v) is 3.99. The smallest absolute Gasteiger partial charge is 0.341 e. The van der Waals surface area contributed by atoms with Gasteiger partial charge in [0.05, 0.1) is 31.3 Å². The standard InChI is InChI=1S/C15H9Cl4NO3/c16-8-3-1-4-9(17)13(8)15(22)23-7-12(21)20-14-10(18)5-2-6-11(14)19/h1-6H,7H2,(H,20,21). The van der Waals surface area contributed by atoms with E-state index in [2.05, 4.69) is 5.32 Å². The van der Waals surface area contributed by atoms with Crippen LogP contribution in [0.15, 0.2) is 36.4 Å². The number of carbonyl (C=O) groups excluding carboxylic acids is 2. The van der Waals surface area contributed by atoms with E-state index in [0.29, 0.717) is 0 Å². The highest BCUT2D eigenvalue weighted by Gasteiger charge is 2.18. The molecule has 1 amide bonds. The molecule has 120 valence electrons. The van der Waals surface area contributed by atoms with E-state index >= 15 is 0 Å². The molecule has 0 aliphatic rings. The molecule has 0 aliphatic carbocycles. The Morgan fingerprint density at radius 2 is 1.35 bits per heavy atom. The van der Waals surface area contributed by atoms with Crippen molar-refractivity contribution in [3.05, 3.63) is 62.1 Å². The van der Waals surface area contributed by atoms with Gasteiger partial charge in [0.1, 0.15) is 0 Å². The van der Waals surface area contributed by atoms with Crippen molar-refractivity contribution < 1.29 is 14.3 Å². The van der Waals surface area contributed by atoms with Crippen LogP contribution in [-0.4, -0.2) is 18.5 Å². The van der Waals surface area contributed by atoms with Gasteiger partial charge in [-0.1, -0.05) is 58.5 Å². The van der Waals surface area contributed by atoms with Crippen LogP contribution in [-0.2, 0) is 9.53 Å². The summed E-state index contributed by atoms with van der Waals surface area (Å²) in [5.74, 6) is -1.41. The predicted octanol–water partition coefficient (Wildman–Crippen LogP) is 5.10. The predicted molar refractivity (Wildman–Crippen MR) is 91.8 cm³/mol. The first kappa shape index (κ1) is 17.9. The Bertz CT molecular complexity index is 724. The first-order valence-corrected chi connectivity index (χ1v) is 7.76. The van der Waals surface area contributed by atoms with Gasteiger partial charge in [-0.15, -0.1) is 0 Å². The maximum Gasteiger partial charge on any atom is 0.341 e. The van der Waals surface area contributed by atoms with Crippen molar-refractivity contribution in [2.24, 2.45) is 0 Å². The van der Waals surface area contributed by atoms with E-state index in [1.54, 1.807) is 24.3 Å². The van der Waals surface area contributed by atoms with E-state index in [1.807, 2.05) is 0 Å². The number of para-hydroxylation sites is 1. The lowest BCUT2D eigenvalue weighted by Crippen LogP contribution is -2.21. The summed E-state index contributed by atoms with van der Waals surface area (Å²) in [6.07, 6.45) is 0. The number of esters is 1. The van der Waals surface area contributed by atoms with Gasteiger partial charge in [0.2, 0.25) is 0 Å². The van der Waals surface area contributed by atoms with Gasteiger partial charge < -0.3 is 10.1 Å². The Morgan fingerprint density at radius 1 is 0.870 bits per heavy atom. The fraction of sp³-hybridized carbons (Fsp3) is 0.0667. The quantitative estimate of drug-likeness (QED) is 0.736. The lowest BCUT2D eigenvalue weighted by atomic mass is 10.2. The summed E-state index contributed by atoms with van der Waals surface area (Å²) in [6, 6.07) is 9.35. The molecular weight excluding hydrogens is 384 g/mol. The first-order chi connectivity index (χ1) is 10.9. The number of rotatable bonds is 4. The maximum absolute atomic E-state index is 12.0. The number of nitrogens with one attached hydrogen (secondary N) is 1. The van der Waals surface area contributed by atoms with E-state index in [9.17, 15) is 9.59 Å². The molecule has 0 aromatic heterocycles. The zero-order valence-corrected chi connectivity index (χ0v) is 14.4. The summed E-state index contributed by atoms with van der Waals surface area (Å²) >= 11 is 23.6. The molecule has 4 nitrogen and oxygen atoms in total. The van der Waals surface area contributed by atoms with Crippen LogP contribution in [0.1, 0.15) is 10.4 Å². The van der Waals surface area contributed by atoms with Crippen molar-refractivity contribution in [2.75, 3.05) is 11.9 Å². The van der Waals surface area contributed by atoms with E-state index in [0.717, 1.165) is 0 Å². The molecule has 0 atom stereocenters. The van der Waals surface area contributed by atoms with Crippen LogP contribution in [0.3, 0.4) is 0 Å². The van der Waals surface area contributed by atoms with Crippen molar-refractivity contribution in [3.63, 3.8) is 0 Å². The van der Waals surface area contributed by atoms with E-state index < -0.39 is 18.5 Å². The molecule has 0 heterocycles. The van der Waals surface area contributed by atoms with Gasteiger partial charge in [-0.05, 0) is 24.3 Å². The van der Waals surface area contributed by atoms with Crippen molar-refractivity contribution in [2.45, 2.75) is 0 Å². The Hall–Kier alpha value is -1.46. The lowest BCUT2D eigenvalue weighted by molar-refractivity contribution is -0.119. The van der Waals surface area contributed by atoms with Crippen LogP contribution in [0.4, 0.5) is 5.69 Å². The number of hydrogen-bond donors (Lipinski definition) is 1. The maximum atomic E-state index is 12.0. The molecule has 8 heteroatoms. The number of carbonyl (C=O) groups is 2. The minimum Gasteiger partial charge on any atom is -0.452 e. The van der Waals surface area contributed by atoms with E-state index in [-0.39, 0.29) is 31.3 Å². The molecule has 0 unspecified atom stereocenters. The Balaban J connectivity index is 2.01. The number of anilines is 1. The highest BCUT2D eigenvalue weighted by atomic mass is 35.5.